The van der Waals surface area contributed by atoms with Crippen LogP contribution in [0.5, 0.6) is 5.75 Å². The minimum absolute atomic E-state index is 0.0153. The van der Waals surface area contributed by atoms with Crippen LogP contribution in [-0.2, 0) is 16.1 Å². The van der Waals surface area contributed by atoms with Gasteiger partial charge in [0.2, 0.25) is 5.91 Å². The van der Waals surface area contributed by atoms with Crippen molar-refractivity contribution in [2.75, 3.05) is 19.7 Å². The van der Waals surface area contributed by atoms with E-state index in [2.05, 4.69) is 5.10 Å². The minimum atomic E-state index is -0.363. The molecule has 7 heteroatoms. The fourth-order valence-electron chi connectivity index (χ4n) is 4.06. The van der Waals surface area contributed by atoms with Crippen LogP contribution in [0.4, 0.5) is 0 Å². The van der Waals surface area contributed by atoms with Gasteiger partial charge in [0, 0.05) is 25.6 Å². The van der Waals surface area contributed by atoms with E-state index in [1.165, 1.54) is 10.7 Å². The van der Waals surface area contributed by atoms with Gasteiger partial charge in [0.1, 0.15) is 18.4 Å². The summed E-state index contributed by atoms with van der Waals surface area (Å²) in [6.45, 7) is 3.49. The van der Waals surface area contributed by atoms with E-state index < -0.39 is 0 Å². The number of amides is 1. The van der Waals surface area contributed by atoms with E-state index in [1.54, 1.807) is 17.9 Å². The number of piperidine rings is 1. The number of carbonyl (C=O) groups is 1. The molecule has 0 N–H and O–H groups in total. The molecule has 0 aliphatic carbocycles. The first-order valence-corrected chi connectivity index (χ1v) is 9.71. The van der Waals surface area contributed by atoms with Gasteiger partial charge in [-0.3, -0.25) is 9.59 Å². The van der Waals surface area contributed by atoms with E-state index in [4.69, 9.17) is 9.47 Å². The number of aryl methyl sites for hydroxylation is 1. The number of ether oxygens (including phenoxy) is 2. The van der Waals surface area contributed by atoms with Gasteiger partial charge in [-0.15, -0.1) is 0 Å². The first kappa shape index (κ1) is 18.7. The van der Waals surface area contributed by atoms with Crippen molar-refractivity contribution in [1.29, 1.82) is 0 Å². The molecule has 1 aromatic heterocycles. The molecule has 1 aromatic carbocycles. The third-order valence-corrected chi connectivity index (χ3v) is 5.40. The molecule has 1 amide bonds. The Kier molecular flexibility index (Phi) is 5.17. The Labute approximate surface area is 163 Å². The maximum Gasteiger partial charge on any atom is 0.267 e. The summed E-state index contributed by atoms with van der Waals surface area (Å²) in [5.74, 6) is 0.733. The Hall–Kier alpha value is -2.67. The molecule has 2 aliphatic rings. The van der Waals surface area contributed by atoms with Crippen LogP contribution in [0.2, 0.25) is 0 Å². The van der Waals surface area contributed by atoms with Crippen molar-refractivity contribution in [3.63, 3.8) is 0 Å². The van der Waals surface area contributed by atoms with Crippen molar-refractivity contribution in [2.45, 2.75) is 44.4 Å². The molecule has 148 valence electrons. The summed E-state index contributed by atoms with van der Waals surface area (Å²) in [7, 11) is 0. The van der Waals surface area contributed by atoms with Gasteiger partial charge >= 0.3 is 0 Å². The maximum atomic E-state index is 12.8. The van der Waals surface area contributed by atoms with Crippen molar-refractivity contribution in [1.82, 2.24) is 14.7 Å². The predicted molar refractivity (Wildman–Crippen MR) is 103 cm³/mol. The molecule has 2 aliphatic heterocycles. The van der Waals surface area contributed by atoms with Gasteiger partial charge in [0.15, 0.2) is 0 Å². The van der Waals surface area contributed by atoms with Gasteiger partial charge in [-0.2, -0.15) is 5.10 Å². The number of para-hydroxylation sites is 1. The highest BCUT2D eigenvalue weighted by Crippen LogP contribution is 2.36. The molecule has 3 heterocycles. The first-order chi connectivity index (χ1) is 13.5. The van der Waals surface area contributed by atoms with Gasteiger partial charge in [-0.05, 0) is 38.0 Å². The molecule has 0 saturated carbocycles. The van der Waals surface area contributed by atoms with Gasteiger partial charge in [-0.25, -0.2) is 4.68 Å². The summed E-state index contributed by atoms with van der Waals surface area (Å²) >= 11 is 0. The van der Waals surface area contributed by atoms with Crippen LogP contribution in [0, 0.1) is 6.92 Å². The molecule has 7 nitrogen and oxygen atoms in total. The average Bonchev–Trinajstić information content (AvgIpc) is 3.07. The van der Waals surface area contributed by atoms with Crippen LogP contribution in [0.3, 0.4) is 0 Å². The zero-order chi connectivity index (χ0) is 19.6. The van der Waals surface area contributed by atoms with Gasteiger partial charge in [0.05, 0.1) is 17.9 Å². The quantitative estimate of drug-likeness (QED) is 0.805. The molecule has 2 atom stereocenters. The lowest BCUT2D eigenvalue weighted by atomic mass is 9.89. The average molecular weight is 383 g/mol. The van der Waals surface area contributed by atoms with Crippen molar-refractivity contribution < 1.29 is 14.3 Å². The van der Waals surface area contributed by atoms with Crippen molar-refractivity contribution in [3.05, 3.63) is 58.5 Å². The van der Waals surface area contributed by atoms with Crippen molar-refractivity contribution in [3.8, 4) is 5.75 Å². The lowest BCUT2D eigenvalue weighted by molar-refractivity contribution is -0.140. The highest BCUT2D eigenvalue weighted by Gasteiger charge is 2.45. The highest BCUT2D eigenvalue weighted by molar-refractivity contribution is 5.76. The van der Waals surface area contributed by atoms with Crippen LogP contribution in [-0.4, -0.2) is 52.0 Å². The number of hydrogen-bond donors (Lipinski definition) is 0. The van der Waals surface area contributed by atoms with E-state index in [0.29, 0.717) is 25.4 Å². The molecule has 2 saturated heterocycles. The number of nitrogens with zero attached hydrogens (tertiary/aromatic N) is 3. The van der Waals surface area contributed by atoms with Crippen molar-refractivity contribution >= 4 is 5.91 Å². The van der Waals surface area contributed by atoms with Gasteiger partial charge < -0.3 is 14.4 Å². The highest BCUT2D eigenvalue weighted by atomic mass is 16.6. The summed E-state index contributed by atoms with van der Waals surface area (Å²) in [4.78, 5) is 26.5. The second-order valence-corrected chi connectivity index (χ2v) is 7.64. The zero-order valence-corrected chi connectivity index (χ0v) is 16.0. The standard InChI is InChI=1S/C21H25N3O4/c1-16-8-9-19(25)24(22-16)13-20(26)23-11-5-10-21(15-23)12-18(14-27-21)28-17-6-3-2-4-7-17/h2-4,6-9,18H,5,10-15H2,1H3/t18-,21-/m1/s1. The Morgan fingerprint density at radius 2 is 2.11 bits per heavy atom. The fraction of sp³-hybridized carbons (Fsp3) is 0.476. The van der Waals surface area contributed by atoms with E-state index in [9.17, 15) is 9.59 Å². The summed E-state index contributed by atoms with van der Waals surface area (Å²) < 4.78 is 13.4. The van der Waals surface area contributed by atoms with Crippen LogP contribution < -0.4 is 10.3 Å². The summed E-state index contributed by atoms with van der Waals surface area (Å²) in [5.41, 5.74) is 0.0832. The molecule has 28 heavy (non-hydrogen) atoms. The number of aromatic nitrogens is 2. The van der Waals surface area contributed by atoms with E-state index in [-0.39, 0.29) is 29.7 Å². The summed E-state index contributed by atoms with van der Waals surface area (Å²) in [6.07, 6.45) is 2.53. The number of likely N-dealkylation sites (tertiary alicyclic amines) is 1. The normalized spacial score (nSPS) is 24.5. The van der Waals surface area contributed by atoms with Gasteiger partial charge in [-0.1, -0.05) is 18.2 Å². The van der Waals surface area contributed by atoms with E-state index >= 15 is 0 Å². The van der Waals surface area contributed by atoms with E-state index in [1.807, 2.05) is 30.3 Å². The Morgan fingerprint density at radius 3 is 2.93 bits per heavy atom. The monoisotopic (exact) mass is 383 g/mol. The Morgan fingerprint density at radius 1 is 1.29 bits per heavy atom. The smallest absolute Gasteiger partial charge is 0.267 e. The SMILES string of the molecule is Cc1ccc(=O)n(CC(=O)N2CCC[C@@]3(C[C@@H](Oc4ccccc4)CO3)C2)n1. The lowest BCUT2D eigenvalue weighted by Crippen LogP contribution is -2.51. The molecule has 0 bridgehead atoms. The number of rotatable bonds is 4. The first-order valence-electron chi connectivity index (χ1n) is 9.71. The van der Waals surface area contributed by atoms with Crippen LogP contribution in [0.15, 0.2) is 47.3 Å². The van der Waals surface area contributed by atoms with Crippen LogP contribution in [0.25, 0.3) is 0 Å². The molecule has 1 spiro atoms. The van der Waals surface area contributed by atoms with Gasteiger partial charge in [0.25, 0.3) is 5.56 Å². The summed E-state index contributed by atoms with van der Waals surface area (Å²) in [6, 6.07) is 12.8. The van der Waals surface area contributed by atoms with Crippen LogP contribution in [0.1, 0.15) is 25.0 Å². The summed E-state index contributed by atoms with van der Waals surface area (Å²) in [5, 5.41) is 4.16. The number of hydrogen-bond acceptors (Lipinski definition) is 5. The molecular formula is C21H25N3O4. The third-order valence-electron chi connectivity index (χ3n) is 5.40. The topological polar surface area (TPSA) is 73.7 Å². The molecule has 0 unspecified atom stereocenters. The molecular weight excluding hydrogens is 358 g/mol. The third kappa shape index (κ3) is 4.09. The predicted octanol–water partition coefficient (Wildman–Crippen LogP) is 1.78. The molecule has 2 aromatic rings. The largest absolute Gasteiger partial charge is 0.488 e. The second-order valence-electron chi connectivity index (χ2n) is 7.64. The van der Waals surface area contributed by atoms with Crippen LogP contribution >= 0.6 is 0 Å². The minimum Gasteiger partial charge on any atom is -0.488 e. The molecule has 0 radical (unpaired) electrons. The molecule has 4 rings (SSSR count). The van der Waals surface area contributed by atoms with E-state index in [0.717, 1.165) is 25.0 Å². The Balaban J connectivity index is 1.39. The zero-order valence-electron chi connectivity index (χ0n) is 16.0. The molecule has 2 fully saturated rings. The fourth-order valence-corrected chi connectivity index (χ4v) is 4.06. The number of carbonyl (C=O) groups excluding carboxylic acids is 1. The number of benzene rings is 1. The van der Waals surface area contributed by atoms with Crippen molar-refractivity contribution in [2.24, 2.45) is 0 Å². The second kappa shape index (κ2) is 7.75. The maximum absolute atomic E-state index is 12.8. The lowest BCUT2D eigenvalue weighted by Gasteiger charge is -2.39. The Bertz CT molecular complexity index is 898.